The van der Waals surface area contributed by atoms with Gasteiger partial charge >= 0.3 is 0 Å². The number of hydrogen-bond donors (Lipinski definition) is 0. The van der Waals surface area contributed by atoms with Crippen LogP contribution in [0.5, 0.6) is 0 Å². The van der Waals surface area contributed by atoms with Crippen LogP contribution in [-0.2, 0) is 0 Å². The lowest BCUT2D eigenvalue weighted by Gasteiger charge is -2.12. The molecule has 16 heavy (non-hydrogen) atoms. The average Bonchev–Trinajstić information content (AvgIpc) is 2.28. The van der Waals surface area contributed by atoms with Crippen molar-refractivity contribution in [3.63, 3.8) is 0 Å². The lowest BCUT2D eigenvalue weighted by molar-refractivity contribution is 1.19. The Kier molecular flexibility index (Phi) is 3.52. The molecule has 2 aromatic carbocycles. The van der Waals surface area contributed by atoms with Crippen LogP contribution in [0.1, 0.15) is 18.1 Å². The third-order valence-electron chi connectivity index (χ3n) is 2.52. The Labute approximate surface area is 106 Å². The first-order chi connectivity index (χ1) is 7.66. The highest BCUT2D eigenvalue weighted by Crippen LogP contribution is 2.26. The molecule has 0 fully saturated rings. The third-order valence-corrected chi connectivity index (χ3v) is 2.99. The second-order valence-corrected chi connectivity index (χ2v) is 4.52. The van der Waals surface area contributed by atoms with Gasteiger partial charge in [0.05, 0.1) is 0 Å². The third kappa shape index (κ3) is 2.58. The topological polar surface area (TPSA) is 0 Å². The highest BCUT2D eigenvalue weighted by molar-refractivity contribution is 6.31. The Morgan fingerprint density at radius 3 is 1.62 bits per heavy atom. The van der Waals surface area contributed by atoms with Crippen molar-refractivity contribution in [2.45, 2.75) is 6.92 Å². The van der Waals surface area contributed by atoms with Crippen LogP contribution >= 0.6 is 23.2 Å². The van der Waals surface area contributed by atoms with Gasteiger partial charge in [0, 0.05) is 16.0 Å². The van der Waals surface area contributed by atoms with Gasteiger partial charge in [0.2, 0.25) is 0 Å². The SMILES string of the molecule is C[C](c1cccc(Cl)c1)c1cccc(Cl)c1. The van der Waals surface area contributed by atoms with Crippen molar-refractivity contribution in [1.82, 2.24) is 0 Å². The summed E-state index contributed by atoms with van der Waals surface area (Å²) in [6, 6.07) is 15.6. The summed E-state index contributed by atoms with van der Waals surface area (Å²) in [6.45, 7) is 2.07. The molecule has 2 rings (SSSR count). The van der Waals surface area contributed by atoms with E-state index >= 15 is 0 Å². The van der Waals surface area contributed by atoms with Gasteiger partial charge in [-0.05, 0) is 35.4 Å². The van der Waals surface area contributed by atoms with Crippen LogP contribution in [0, 0.1) is 5.92 Å². The summed E-state index contributed by atoms with van der Waals surface area (Å²) < 4.78 is 0. The van der Waals surface area contributed by atoms with Crippen molar-refractivity contribution in [1.29, 1.82) is 0 Å². The lowest BCUT2D eigenvalue weighted by atomic mass is 9.93. The molecule has 1 radical (unpaired) electrons. The van der Waals surface area contributed by atoms with Gasteiger partial charge in [0.1, 0.15) is 0 Å². The van der Waals surface area contributed by atoms with Crippen LogP contribution in [-0.4, -0.2) is 0 Å². The second-order valence-electron chi connectivity index (χ2n) is 3.65. The van der Waals surface area contributed by atoms with Crippen LogP contribution in [0.4, 0.5) is 0 Å². The van der Waals surface area contributed by atoms with Crippen LogP contribution in [0.25, 0.3) is 0 Å². The van der Waals surface area contributed by atoms with Gasteiger partial charge < -0.3 is 0 Å². The molecule has 0 spiro atoms. The fourth-order valence-electron chi connectivity index (χ4n) is 1.61. The van der Waals surface area contributed by atoms with E-state index in [9.17, 15) is 0 Å². The molecule has 0 atom stereocenters. The van der Waals surface area contributed by atoms with E-state index in [1.165, 1.54) is 5.92 Å². The van der Waals surface area contributed by atoms with Crippen LogP contribution in [0.3, 0.4) is 0 Å². The van der Waals surface area contributed by atoms with Crippen LogP contribution in [0.15, 0.2) is 48.5 Å². The van der Waals surface area contributed by atoms with E-state index in [1.54, 1.807) is 0 Å². The quantitative estimate of drug-likeness (QED) is 0.704. The molecule has 0 aliphatic rings. The fraction of sp³-hybridized carbons (Fsp3) is 0.0714. The summed E-state index contributed by atoms with van der Waals surface area (Å²) in [5.41, 5.74) is 2.24. The zero-order chi connectivity index (χ0) is 11.5. The van der Waals surface area contributed by atoms with E-state index in [0.29, 0.717) is 0 Å². The maximum atomic E-state index is 5.97. The summed E-state index contributed by atoms with van der Waals surface area (Å²) >= 11 is 11.9. The molecular weight excluding hydrogens is 239 g/mol. The van der Waals surface area contributed by atoms with Gasteiger partial charge in [-0.2, -0.15) is 0 Å². The summed E-state index contributed by atoms with van der Waals surface area (Å²) in [4.78, 5) is 0. The zero-order valence-corrected chi connectivity index (χ0v) is 10.4. The molecule has 0 amide bonds. The maximum Gasteiger partial charge on any atom is 0.0409 e. The smallest absolute Gasteiger partial charge is 0.0409 e. The van der Waals surface area contributed by atoms with Crippen LogP contribution < -0.4 is 0 Å². The van der Waals surface area contributed by atoms with Gasteiger partial charge in [-0.1, -0.05) is 54.4 Å². The molecule has 0 aliphatic heterocycles. The Bertz CT molecular complexity index is 446. The van der Waals surface area contributed by atoms with E-state index in [0.717, 1.165) is 21.2 Å². The average molecular weight is 250 g/mol. The minimum Gasteiger partial charge on any atom is -0.0843 e. The van der Waals surface area contributed by atoms with Crippen molar-refractivity contribution in [2.75, 3.05) is 0 Å². The molecule has 0 aliphatic carbocycles. The first kappa shape index (κ1) is 11.5. The zero-order valence-electron chi connectivity index (χ0n) is 8.87. The minimum absolute atomic E-state index is 0.749. The minimum atomic E-state index is 0.749. The first-order valence-corrected chi connectivity index (χ1v) is 5.78. The largest absolute Gasteiger partial charge is 0.0843 e. The number of hydrogen-bond acceptors (Lipinski definition) is 0. The molecular formula is C14H11Cl2. The molecule has 81 valence electrons. The van der Waals surface area contributed by atoms with E-state index in [1.807, 2.05) is 48.5 Å². The summed E-state index contributed by atoms with van der Waals surface area (Å²) in [7, 11) is 0. The van der Waals surface area contributed by atoms with Gasteiger partial charge in [-0.3, -0.25) is 0 Å². The van der Waals surface area contributed by atoms with E-state index < -0.39 is 0 Å². The predicted octanol–water partition coefficient (Wildman–Crippen LogP) is 4.98. The van der Waals surface area contributed by atoms with Gasteiger partial charge in [0.25, 0.3) is 0 Å². The molecule has 0 unspecified atom stereocenters. The second kappa shape index (κ2) is 4.90. The lowest BCUT2D eigenvalue weighted by Crippen LogP contribution is -1.96. The standard InChI is InChI=1S/C14H11Cl2/c1-10(11-4-2-6-13(15)8-11)12-5-3-7-14(16)9-12/h2-9H,1H3. The number of rotatable bonds is 2. The first-order valence-electron chi connectivity index (χ1n) is 5.02. The Morgan fingerprint density at radius 1 is 0.812 bits per heavy atom. The molecule has 0 N–H and O–H groups in total. The molecule has 0 heterocycles. The van der Waals surface area contributed by atoms with Gasteiger partial charge in [0.15, 0.2) is 0 Å². The molecule has 0 saturated heterocycles. The summed E-state index contributed by atoms with van der Waals surface area (Å²) in [5.74, 6) is 1.17. The maximum absolute atomic E-state index is 5.97. The fourth-order valence-corrected chi connectivity index (χ4v) is 1.99. The van der Waals surface area contributed by atoms with E-state index in [-0.39, 0.29) is 0 Å². The van der Waals surface area contributed by atoms with Gasteiger partial charge in [-0.15, -0.1) is 0 Å². The molecule has 0 saturated carbocycles. The summed E-state index contributed by atoms with van der Waals surface area (Å²) in [6.07, 6.45) is 0. The van der Waals surface area contributed by atoms with Gasteiger partial charge in [-0.25, -0.2) is 0 Å². The molecule has 0 aromatic heterocycles. The number of benzene rings is 2. The Hall–Kier alpha value is -0.980. The van der Waals surface area contributed by atoms with Crippen molar-refractivity contribution < 1.29 is 0 Å². The van der Waals surface area contributed by atoms with Crippen molar-refractivity contribution in [3.05, 3.63) is 75.6 Å². The van der Waals surface area contributed by atoms with Crippen molar-refractivity contribution in [3.8, 4) is 0 Å². The number of halogens is 2. The monoisotopic (exact) mass is 249 g/mol. The van der Waals surface area contributed by atoms with Crippen LogP contribution in [0.2, 0.25) is 10.0 Å². The predicted molar refractivity (Wildman–Crippen MR) is 70.0 cm³/mol. The Balaban J connectivity index is 2.35. The molecule has 2 heteroatoms. The van der Waals surface area contributed by atoms with Crippen molar-refractivity contribution >= 4 is 23.2 Å². The Morgan fingerprint density at radius 2 is 1.25 bits per heavy atom. The molecule has 0 nitrogen and oxygen atoms in total. The summed E-state index contributed by atoms with van der Waals surface area (Å²) in [5, 5.41) is 1.50. The van der Waals surface area contributed by atoms with Crippen molar-refractivity contribution in [2.24, 2.45) is 0 Å². The highest BCUT2D eigenvalue weighted by atomic mass is 35.5. The van der Waals surface area contributed by atoms with E-state index in [2.05, 4.69) is 6.92 Å². The van der Waals surface area contributed by atoms with E-state index in [4.69, 9.17) is 23.2 Å². The molecule has 0 bridgehead atoms. The normalized spacial score (nSPS) is 10.8. The molecule has 2 aromatic rings. The highest BCUT2D eigenvalue weighted by Gasteiger charge is 2.09.